The molecule has 1 N–H and O–H groups in total. The Bertz CT molecular complexity index is 710. The van der Waals surface area contributed by atoms with E-state index in [0.29, 0.717) is 4.90 Å². The second kappa shape index (κ2) is 5.73. The molecule has 0 amide bonds. The van der Waals surface area contributed by atoms with Gasteiger partial charge in [0.1, 0.15) is 0 Å². The molecule has 1 aromatic heterocycles. The summed E-state index contributed by atoms with van der Waals surface area (Å²) in [5, 5.41) is 0. The molecule has 20 heavy (non-hydrogen) atoms. The fourth-order valence-electron chi connectivity index (χ4n) is 1.98. The molecule has 2 aromatic rings. The number of aryl methyl sites for hydroxylation is 3. The van der Waals surface area contributed by atoms with E-state index >= 15 is 0 Å². The highest BCUT2D eigenvalue weighted by Crippen LogP contribution is 2.20. The van der Waals surface area contributed by atoms with E-state index in [4.69, 9.17) is 0 Å². The van der Waals surface area contributed by atoms with Crippen LogP contribution >= 0.6 is 0 Å². The van der Waals surface area contributed by atoms with Gasteiger partial charge in [-0.15, -0.1) is 0 Å². The monoisotopic (exact) mass is 290 g/mol. The number of hydrogen-bond acceptors (Lipinski definition) is 3. The van der Waals surface area contributed by atoms with E-state index in [0.717, 1.165) is 22.3 Å². The average molecular weight is 290 g/mol. The summed E-state index contributed by atoms with van der Waals surface area (Å²) in [5.74, 6) is 0. The van der Waals surface area contributed by atoms with Gasteiger partial charge < -0.3 is 0 Å². The van der Waals surface area contributed by atoms with Gasteiger partial charge in [0.15, 0.2) is 0 Å². The Kier molecular flexibility index (Phi) is 4.20. The minimum Gasteiger partial charge on any atom is -0.265 e. The fraction of sp³-hybridized carbons (Fsp3) is 0.267. The first-order chi connectivity index (χ1) is 9.40. The SMILES string of the molecule is Cc1cc(C)c(S(=O)(=O)NCc2ccncc2)cc1C. The molecule has 0 aliphatic carbocycles. The van der Waals surface area contributed by atoms with Crippen LogP contribution in [0.5, 0.6) is 0 Å². The predicted molar refractivity (Wildman–Crippen MR) is 78.9 cm³/mol. The number of sulfonamides is 1. The molecule has 2 rings (SSSR count). The molecule has 4 nitrogen and oxygen atoms in total. The van der Waals surface area contributed by atoms with Gasteiger partial charge >= 0.3 is 0 Å². The van der Waals surface area contributed by atoms with Gasteiger partial charge in [0.2, 0.25) is 10.0 Å². The maximum absolute atomic E-state index is 12.4. The Balaban J connectivity index is 2.25. The summed E-state index contributed by atoms with van der Waals surface area (Å²) in [6.45, 7) is 5.96. The molecule has 0 fully saturated rings. The molecule has 0 radical (unpaired) electrons. The van der Waals surface area contributed by atoms with E-state index < -0.39 is 10.0 Å². The highest BCUT2D eigenvalue weighted by Gasteiger charge is 2.17. The first-order valence-corrected chi connectivity index (χ1v) is 7.85. The molecule has 0 unspecified atom stereocenters. The van der Waals surface area contributed by atoms with Crippen molar-refractivity contribution in [3.05, 3.63) is 58.9 Å². The number of rotatable bonds is 4. The normalized spacial score (nSPS) is 11.6. The summed E-state index contributed by atoms with van der Waals surface area (Å²) in [7, 11) is -3.50. The van der Waals surface area contributed by atoms with Crippen LogP contribution in [0, 0.1) is 20.8 Å². The Morgan fingerprint density at radius 1 is 1.00 bits per heavy atom. The van der Waals surface area contributed by atoms with E-state index in [-0.39, 0.29) is 6.54 Å². The molecular formula is C15H18N2O2S. The predicted octanol–water partition coefficient (Wildman–Crippen LogP) is 2.49. The largest absolute Gasteiger partial charge is 0.265 e. The number of benzene rings is 1. The van der Waals surface area contributed by atoms with Gasteiger partial charge in [0.25, 0.3) is 0 Å². The van der Waals surface area contributed by atoms with Crippen LogP contribution in [0.3, 0.4) is 0 Å². The summed E-state index contributed by atoms with van der Waals surface area (Å²) >= 11 is 0. The van der Waals surface area contributed by atoms with Crippen LogP contribution in [0.1, 0.15) is 22.3 Å². The summed E-state index contributed by atoms with van der Waals surface area (Å²) in [5.41, 5.74) is 3.70. The standard InChI is InChI=1S/C15H18N2O2S/c1-11-8-13(3)15(9-12(11)2)20(18,19)17-10-14-4-6-16-7-5-14/h4-9,17H,10H2,1-3H3. The van der Waals surface area contributed by atoms with Crippen molar-refractivity contribution in [2.24, 2.45) is 0 Å². The van der Waals surface area contributed by atoms with Crippen LogP contribution in [0.25, 0.3) is 0 Å². The van der Waals surface area contributed by atoms with E-state index in [1.54, 1.807) is 30.6 Å². The molecule has 0 aliphatic heterocycles. The van der Waals surface area contributed by atoms with Gasteiger partial charge in [0, 0.05) is 18.9 Å². The van der Waals surface area contributed by atoms with Crippen molar-refractivity contribution in [2.75, 3.05) is 0 Å². The number of pyridine rings is 1. The smallest absolute Gasteiger partial charge is 0.241 e. The summed E-state index contributed by atoms with van der Waals surface area (Å²) in [6.07, 6.45) is 3.29. The zero-order valence-corrected chi connectivity index (χ0v) is 12.7. The van der Waals surface area contributed by atoms with Gasteiger partial charge in [-0.3, -0.25) is 4.98 Å². The molecule has 0 saturated carbocycles. The third kappa shape index (κ3) is 3.23. The third-order valence-electron chi connectivity index (χ3n) is 3.30. The zero-order chi connectivity index (χ0) is 14.8. The van der Waals surface area contributed by atoms with Crippen molar-refractivity contribution >= 4 is 10.0 Å². The van der Waals surface area contributed by atoms with E-state index in [1.807, 2.05) is 26.8 Å². The minimum atomic E-state index is -3.50. The van der Waals surface area contributed by atoms with Gasteiger partial charge in [-0.1, -0.05) is 6.07 Å². The highest BCUT2D eigenvalue weighted by molar-refractivity contribution is 7.89. The van der Waals surface area contributed by atoms with E-state index in [1.165, 1.54) is 0 Å². The summed E-state index contributed by atoms with van der Waals surface area (Å²) < 4.78 is 27.3. The molecule has 1 aromatic carbocycles. The Morgan fingerprint density at radius 2 is 1.60 bits per heavy atom. The van der Waals surface area contributed by atoms with Crippen molar-refractivity contribution < 1.29 is 8.42 Å². The minimum absolute atomic E-state index is 0.261. The Hall–Kier alpha value is -1.72. The second-order valence-electron chi connectivity index (χ2n) is 4.88. The van der Waals surface area contributed by atoms with Crippen LogP contribution in [0.4, 0.5) is 0 Å². The molecule has 5 heteroatoms. The van der Waals surface area contributed by atoms with E-state index in [9.17, 15) is 8.42 Å². The number of hydrogen-bond donors (Lipinski definition) is 1. The van der Waals surface area contributed by atoms with Crippen molar-refractivity contribution in [1.29, 1.82) is 0 Å². The lowest BCUT2D eigenvalue weighted by molar-refractivity contribution is 0.580. The Morgan fingerprint density at radius 3 is 2.25 bits per heavy atom. The molecule has 0 saturated heterocycles. The first-order valence-electron chi connectivity index (χ1n) is 6.36. The van der Waals surface area contributed by atoms with Crippen molar-refractivity contribution in [3.63, 3.8) is 0 Å². The summed E-state index contributed by atoms with van der Waals surface area (Å²) in [6, 6.07) is 7.20. The maximum atomic E-state index is 12.4. The topological polar surface area (TPSA) is 59.1 Å². The number of nitrogens with one attached hydrogen (secondary N) is 1. The Labute approximate surface area is 119 Å². The molecule has 0 bridgehead atoms. The number of nitrogens with zero attached hydrogens (tertiary/aromatic N) is 1. The molecule has 0 atom stereocenters. The van der Waals surface area contributed by atoms with Gasteiger partial charge in [-0.2, -0.15) is 0 Å². The second-order valence-corrected chi connectivity index (χ2v) is 6.62. The third-order valence-corrected chi connectivity index (χ3v) is 4.84. The number of aromatic nitrogens is 1. The molecular weight excluding hydrogens is 272 g/mol. The van der Waals surface area contributed by atoms with Crippen LogP contribution in [-0.2, 0) is 16.6 Å². The van der Waals surface area contributed by atoms with Crippen LogP contribution in [0.15, 0.2) is 41.6 Å². The molecule has 0 spiro atoms. The van der Waals surface area contributed by atoms with Crippen molar-refractivity contribution in [2.45, 2.75) is 32.2 Å². The summed E-state index contributed by atoms with van der Waals surface area (Å²) in [4.78, 5) is 4.25. The lowest BCUT2D eigenvalue weighted by Gasteiger charge is -2.12. The fourth-order valence-corrected chi connectivity index (χ4v) is 3.31. The van der Waals surface area contributed by atoms with E-state index in [2.05, 4.69) is 9.71 Å². The molecule has 1 heterocycles. The average Bonchev–Trinajstić information content (AvgIpc) is 2.42. The van der Waals surface area contributed by atoms with Gasteiger partial charge in [-0.05, 0) is 61.2 Å². The molecule has 106 valence electrons. The maximum Gasteiger partial charge on any atom is 0.241 e. The lowest BCUT2D eigenvalue weighted by Crippen LogP contribution is -2.24. The zero-order valence-electron chi connectivity index (χ0n) is 11.8. The van der Waals surface area contributed by atoms with Crippen LogP contribution < -0.4 is 4.72 Å². The highest BCUT2D eigenvalue weighted by atomic mass is 32.2. The van der Waals surface area contributed by atoms with Crippen molar-refractivity contribution in [1.82, 2.24) is 9.71 Å². The first kappa shape index (κ1) is 14.7. The van der Waals surface area contributed by atoms with Gasteiger partial charge in [0.05, 0.1) is 4.90 Å². The molecule has 0 aliphatic rings. The van der Waals surface area contributed by atoms with Gasteiger partial charge in [-0.25, -0.2) is 13.1 Å². The van der Waals surface area contributed by atoms with Crippen molar-refractivity contribution in [3.8, 4) is 0 Å². The van der Waals surface area contributed by atoms with Crippen LogP contribution in [-0.4, -0.2) is 13.4 Å². The van der Waals surface area contributed by atoms with Crippen LogP contribution in [0.2, 0.25) is 0 Å². The lowest BCUT2D eigenvalue weighted by atomic mass is 10.1. The quantitative estimate of drug-likeness (QED) is 0.941.